The van der Waals surface area contributed by atoms with E-state index in [1.54, 1.807) is 26.0 Å². The Morgan fingerprint density at radius 1 is 0.800 bits per heavy atom. The molecule has 12 heteroatoms. The van der Waals surface area contributed by atoms with E-state index in [4.69, 9.17) is 0 Å². The Kier molecular flexibility index (Phi) is 7.01. The molecule has 12 nitrogen and oxygen atoms in total. The number of carbonyl (C=O) groups is 2. The Morgan fingerprint density at radius 2 is 1.17 bits per heavy atom. The molecule has 0 bridgehead atoms. The van der Waals surface area contributed by atoms with Crippen molar-refractivity contribution in [2.75, 3.05) is 0 Å². The van der Waals surface area contributed by atoms with Gasteiger partial charge in [-0.15, -0.1) is 0 Å². The average molecular weight is 412 g/mol. The van der Waals surface area contributed by atoms with E-state index in [0.29, 0.717) is 22.3 Å². The number of benzene rings is 2. The van der Waals surface area contributed by atoms with Gasteiger partial charge in [0.15, 0.2) is 0 Å². The summed E-state index contributed by atoms with van der Waals surface area (Å²) >= 11 is 0. The molecule has 0 unspecified atom stereocenters. The molecule has 0 saturated heterocycles. The average Bonchev–Trinajstić information content (AvgIpc) is 2.69. The van der Waals surface area contributed by atoms with Crippen molar-refractivity contribution in [1.29, 1.82) is 0 Å². The molecule has 0 aliphatic heterocycles. The van der Waals surface area contributed by atoms with Crippen LogP contribution in [0.2, 0.25) is 0 Å². The number of hydrazone groups is 2. The number of amides is 2. The standard InChI is InChI=1S/C18H16N6O6/c1-11-3-5-13(7-15(11)23(27)28)9-19-21-17(25)18(26)22-20-10-14-6-4-12(2)16(8-14)24(29)30/h3-10H,1-2H3,(H,21,25)(H,22,26)/b19-9+,20-10?. The van der Waals surface area contributed by atoms with Crippen LogP contribution >= 0.6 is 0 Å². The highest BCUT2D eigenvalue weighted by molar-refractivity contribution is 6.35. The molecule has 0 fully saturated rings. The zero-order valence-electron chi connectivity index (χ0n) is 15.9. The van der Waals surface area contributed by atoms with Crippen LogP contribution in [0.1, 0.15) is 22.3 Å². The largest absolute Gasteiger partial charge is 0.331 e. The minimum atomic E-state index is -1.13. The molecule has 0 radical (unpaired) electrons. The first-order valence-corrected chi connectivity index (χ1v) is 8.35. The molecule has 2 aromatic carbocycles. The number of nitrogens with zero attached hydrogens (tertiary/aromatic N) is 4. The normalized spacial score (nSPS) is 10.9. The maximum Gasteiger partial charge on any atom is 0.331 e. The number of aryl methyl sites for hydroxylation is 2. The molecule has 0 spiro atoms. The van der Waals surface area contributed by atoms with E-state index in [1.807, 2.05) is 10.9 Å². The summed E-state index contributed by atoms with van der Waals surface area (Å²) < 4.78 is 0. The van der Waals surface area contributed by atoms with Crippen molar-refractivity contribution in [2.24, 2.45) is 10.2 Å². The molecule has 0 aliphatic carbocycles. The van der Waals surface area contributed by atoms with Crippen LogP contribution in [0.15, 0.2) is 46.6 Å². The van der Waals surface area contributed by atoms with Crippen LogP contribution in [0.5, 0.6) is 0 Å². The minimum Gasteiger partial charge on any atom is -0.262 e. The van der Waals surface area contributed by atoms with Crippen LogP contribution in [-0.4, -0.2) is 34.1 Å². The summed E-state index contributed by atoms with van der Waals surface area (Å²) in [7, 11) is 0. The zero-order valence-corrected chi connectivity index (χ0v) is 15.9. The summed E-state index contributed by atoms with van der Waals surface area (Å²) in [6.07, 6.45) is 2.29. The second-order valence-corrected chi connectivity index (χ2v) is 6.00. The molecule has 30 heavy (non-hydrogen) atoms. The van der Waals surface area contributed by atoms with Gasteiger partial charge in [0.05, 0.1) is 22.3 Å². The fourth-order valence-corrected chi connectivity index (χ4v) is 2.24. The number of hydrogen-bond donors (Lipinski definition) is 2. The topological polar surface area (TPSA) is 169 Å². The summed E-state index contributed by atoms with van der Waals surface area (Å²) in [5.74, 6) is -2.25. The van der Waals surface area contributed by atoms with Crippen LogP contribution in [0.3, 0.4) is 0 Å². The van der Waals surface area contributed by atoms with Gasteiger partial charge in [-0.25, -0.2) is 10.9 Å². The predicted molar refractivity (Wildman–Crippen MR) is 107 cm³/mol. The quantitative estimate of drug-likeness (QED) is 0.317. The number of nitrogens with one attached hydrogen (secondary N) is 2. The molecule has 154 valence electrons. The van der Waals surface area contributed by atoms with Gasteiger partial charge in [-0.2, -0.15) is 10.2 Å². The molecule has 0 aliphatic rings. The van der Waals surface area contributed by atoms with Crippen molar-refractivity contribution >= 4 is 35.6 Å². The highest BCUT2D eigenvalue weighted by Gasteiger charge is 2.13. The highest BCUT2D eigenvalue weighted by atomic mass is 16.6. The molecule has 0 aromatic heterocycles. The third-order valence-corrected chi connectivity index (χ3v) is 3.83. The van der Waals surface area contributed by atoms with Gasteiger partial charge in [0, 0.05) is 34.4 Å². The summed E-state index contributed by atoms with van der Waals surface area (Å²) in [6, 6.07) is 8.72. The van der Waals surface area contributed by atoms with Crippen molar-refractivity contribution < 1.29 is 19.4 Å². The molecule has 2 amide bonds. The van der Waals surface area contributed by atoms with E-state index >= 15 is 0 Å². The number of carbonyl (C=O) groups excluding carboxylic acids is 2. The van der Waals surface area contributed by atoms with E-state index in [9.17, 15) is 29.8 Å². The van der Waals surface area contributed by atoms with Crippen molar-refractivity contribution in [3.05, 3.63) is 78.9 Å². The molecule has 2 N–H and O–H groups in total. The molecule has 2 aromatic rings. The molecule has 0 saturated carbocycles. The smallest absolute Gasteiger partial charge is 0.262 e. The molecular formula is C18H16N6O6. The van der Waals surface area contributed by atoms with Crippen LogP contribution in [0.4, 0.5) is 11.4 Å². The third-order valence-electron chi connectivity index (χ3n) is 3.83. The monoisotopic (exact) mass is 412 g/mol. The lowest BCUT2D eigenvalue weighted by atomic mass is 10.1. The maximum absolute atomic E-state index is 11.7. The van der Waals surface area contributed by atoms with Crippen molar-refractivity contribution in [2.45, 2.75) is 13.8 Å². The van der Waals surface area contributed by atoms with Gasteiger partial charge in [-0.05, 0) is 13.8 Å². The summed E-state index contributed by atoms with van der Waals surface area (Å²) in [6.45, 7) is 3.17. The Bertz CT molecular complexity index is 993. The van der Waals surface area contributed by atoms with Gasteiger partial charge in [0.2, 0.25) is 0 Å². The van der Waals surface area contributed by atoms with Gasteiger partial charge in [-0.3, -0.25) is 29.8 Å². The van der Waals surface area contributed by atoms with Gasteiger partial charge in [0.1, 0.15) is 0 Å². The van der Waals surface area contributed by atoms with E-state index in [2.05, 4.69) is 10.2 Å². The van der Waals surface area contributed by atoms with Crippen molar-refractivity contribution in [3.63, 3.8) is 0 Å². The van der Waals surface area contributed by atoms with Gasteiger partial charge >= 0.3 is 11.8 Å². The summed E-state index contributed by atoms with van der Waals surface area (Å²) in [5, 5.41) is 28.9. The third kappa shape index (κ3) is 5.76. The molecule has 0 heterocycles. The van der Waals surface area contributed by atoms with Crippen LogP contribution in [0.25, 0.3) is 0 Å². The van der Waals surface area contributed by atoms with Crippen molar-refractivity contribution in [3.8, 4) is 0 Å². The molecule has 2 rings (SSSR count). The van der Waals surface area contributed by atoms with Crippen molar-refractivity contribution in [1.82, 2.24) is 10.9 Å². The summed E-state index contributed by atoms with van der Waals surface area (Å²) in [4.78, 5) is 44.1. The fourth-order valence-electron chi connectivity index (χ4n) is 2.24. The first kappa shape index (κ1) is 21.8. The first-order valence-electron chi connectivity index (χ1n) is 8.35. The second kappa shape index (κ2) is 9.64. The predicted octanol–water partition coefficient (Wildman–Crippen LogP) is 1.72. The first-order chi connectivity index (χ1) is 14.2. The van der Waals surface area contributed by atoms with Gasteiger partial charge in [0.25, 0.3) is 11.4 Å². The van der Waals surface area contributed by atoms with E-state index in [1.165, 1.54) is 24.3 Å². The lowest BCUT2D eigenvalue weighted by molar-refractivity contribution is -0.385. The fraction of sp³-hybridized carbons (Fsp3) is 0.111. The number of rotatable bonds is 6. The Balaban J connectivity index is 1.93. The maximum atomic E-state index is 11.7. The number of hydrogen-bond acceptors (Lipinski definition) is 8. The van der Waals surface area contributed by atoms with Gasteiger partial charge < -0.3 is 0 Å². The molecule has 0 atom stereocenters. The SMILES string of the molecule is Cc1ccc(C=NNC(=O)C(=O)N/N=C/c2ccc(C)c([N+](=O)[O-])c2)cc1[N+](=O)[O-]. The lowest BCUT2D eigenvalue weighted by Gasteiger charge is -2.00. The van der Waals surface area contributed by atoms with E-state index in [-0.39, 0.29) is 11.4 Å². The Morgan fingerprint density at radius 3 is 1.50 bits per heavy atom. The lowest BCUT2D eigenvalue weighted by Crippen LogP contribution is -2.35. The Labute approximate surface area is 169 Å². The van der Waals surface area contributed by atoms with Crippen LogP contribution in [0, 0.1) is 34.1 Å². The van der Waals surface area contributed by atoms with Crippen LogP contribution in [-0.2, 0) is 9.59 Å². The molecular weight excluding hydrogens is 396 g/mol. The Hall–Kier alpha value is -4.48. The zero-order chi connectivity index (χ0) is 22.3. The van der Waals surface area contributed by atoms with E-state index in [0.717, 1.165) is 12.4 Å². The second-order valence-electron chi connectivity index (χ2n) is 6.00. The number of nitro groups is 2. The highest BCUT2D eigenvalue weighted by Crippen LogP contribution is 2.19. The van der Waals surface area contributed by atoms with E-state index < -0.39 is 21.7 Å². The number of nitro benzene ring substituents is 2. The summed E-state index contributed by atoms with van der Waals surface area (Å²) in [5.41, 5.74) is 5.36. The minimum absolute atomic E-state index is 0.103. The van der Waals surface area contributed by atoms with Gasteiger partial charge in [-0.1, -0.05) is 24.3 Å². The van der Waals surface area contributed by atoms with Crippen LogP contribution < -0.4 is 10.9 Å².